The highest BCUT2D eigenvalue weighted by Crippen LogP contribution is 2.37. The number of allylic oxidation sites excluding steroid dienone is 2. The summed E-state index contributed by atoms with van der Waals surface area (Å²) in [7, 11) is 0. The zero-order valence-corrected chi connectivity index (χ0v) is 14.7. The third-order valence-electron chi connectivity index (χ3n) is 5.03. The van der Waals surface area contributed by atoms with Crippen molar-refractivity contribution in [1.82, 2.24) is 0 Å². The number of imide groups is 1. The van der Waals surface area contributed by atoms with Gasteiger partial charge in [0.05, 0.1) is 23.9 Å². The van der Waals surface area contributed by atoms with Crippen molar-refractivity contribution < 1.29 is 19.1 Å². The second-order valence-corrected chi connectivity index (χ2v) is 6.80. The van der Waals surface area contributed by atoms with Crippen LogP contribution in [0, 0.1) is 11.8 Å². The molecule has 136 valence electrons. The molecule has 2 aromatic rings. The third-order valence-corrected chi connectivity index (χ3v) is 5.03. The van der Waals surface area contributed by atoms with E-state index in [1.165, 1.54) is 4.90 Å². The Bertz CT molecular complexity index is 876. The number of carbonyl (C=O) groups excluding carboxylic acids is 3. The minimum Gasteiger partial charge on any atom is -0.426 e. The Morgan fingerprint density at radius 3 is 2.07 bits per heavy atom. The number of amides is 2. The molecule has 0 N–H and O–H groups in total. The zero-order chi connectivity index (χ0) is 18.8. The zero-order valence-electron chi connectivity index (χ0n) is 14.7. The molecule has 1 saturated heterocycles. The van der Waals surface area contributed by atoms with Crippen LogP contribution in [0.1, 0.15) is 18.4 Å². The Morgan fingerprint density at radius 2 is 1.48 bits per heavy atom. The van der Waals surface area contributed by atoms with Crippen LogP contribution in [0.5, 0.6) is 5.75 Å². The molecule has 0 unspecified atom stereocenters. The van der Waals surface area contributed by atoms with Gasteiger partial charge < -0.3 is 4.74 Å². The number of fused-ring (bicyclic) bond motifs is 1. The van der Waals surface area contributed by atoms with Crippen molar-refractivity contribution in [3.8, 4) is 5.75 Å². The number of hydrogen-bond acceptors (Lipinski definition) is 4. The summed E-state index contributed by atoms with van der Waals surface area (Å²) < 4.78 is 5.35. The first-order chi connectivity index (χ1) is 13.1. The topological polar surface area (TPSA) is 63.7 Å². The predicted octanol–water partition coefficient (Wildman–Crippen LogP) is 3.29. The van der Waals surface area contributed by atoms with Gasteiger partial charge in [0.1, 0.15) is 5.75 Å². The molecule has 0 aromatic heterocycles. The van der Waals surface area contributed by atoms with Crippen LogP contribution in [0.25, 0.3) is 0 Å². The maximum Gasteiger partial charge on any atom is 0.315 e. The van der Waals surface area contributed by atoms with Crippen molar-refractivity contribution in [3.63, 3.8) is 0 Å². The summed E-state index contributed by atoms with van der Waals surface area (Å²) in [6.45, 7) is 0. The molecule has 0 radical (unpaired) electrons. The molecule has 0 bridgehead atoms. The standard InChI is InChI=1S/C22H19NO4/c24-20(14-15-6-2-1-3-7-15)27-17-12-10-16(11-13-17)23-21(25)18-8-4-5-9-19(18)22(23)26/h1-7,10-13,18-19H,8-9,14H2/t18-,19+. The Kier molecular flexibility index (Phi) is 4.59. The van der Waals surface area contributed by atoms with Gasteiger partial charge in [0, 0.05) is 0 Å². The average molecular weight is 361 g/mol. The largest absolute Gasteiger partial charge is 0.426 e. The van der Waals surface area contributed by atoms with Crippen LogP contribution < -0.4 is 9.64 Å². The second kappa shape index (κ2) is 7.19. The summed E-state index contributed by atoms with van der Waals surface area (Å²) in [5.74, 6) is -0.791. The van der Waals surface area contributed by atoms with Crippen molar-refractivity contribution in [2.45, 2.75) is 19.3 Å². The van der Waals surface area contributed by atoms with Crippen LogP contribution in [0.2, 0.25) is 0 Å². The molecule has 5 nitrogen and oxygen atoms in total. The fourth-order valence-corrected chi connectivity index (χ4v) is 3.65. The normalized spacial score (nSPS) is 21.3. The van der Waals surface area contributed by atoms with E-state index in [0.717, 1.165) is 5.56 Å². The van der Waals surface area contributed by atoms with E-state index in [1.54, 1.807) is 24.3 Å². The lowest BCUT2D eigenvalue weighted by atomic mass is 9.85. The molecule has 1 fully saturated rings. The van der Waals surface area contributed by atoms with Crippen molar-refractivity contribution in [1.29, 1.82) is 0 Å². The van der Waals surface area contributed by atoms with Crippen LogP contribution in [0.4, 0.5) is 5.69 Å². The molecule has 0 saturated carbocycles. The lowest BCUT2D eigenvalue weighted by Crippen LogP contribution is -2.30. The molecule has 1 aliphatic heterocycles. The Balaban J connectivity index is 1.44. The van der Waals surface area contributed by atoms with E-state index in [0.29, 0.717) is 24.3 Å². The highest BCUT2D eigenvalue weighted by Gasteiger charge is 2.47. The SMILES string of the molecule is O=C(Cc1ccccc1)Oc1ccc(N2C(=O)[C@H]3CC=CC[C@H]3C2=O)cc1. The minimum absolute atomic E-state index is 0.150. The van der Waals surface area contributed by atoms with E-state index in [9.17, 15) is 14.4 Å². The van der Waals surface area contributed by atoms with Gasteiger partial charge in [-0.1, -0.05) is 42.5 Å². The molecule has 2 aromatic carbocycles. The number of anilines is 1. The summed E-state index contributed by atoms with van der Waals surface area (Å²) in [4.78, 5) is 38.5. The average Bonchev–Trinajstić information content (AvgIpc) is 2.94. The summed E-state index contributed by atoms with van der Waals surface area (Å²) in [5, 5.41) is 0. The van der Waals surface area contributed by atoms with Crippen molar-refractivity contribution >= 4 is 23.5 Å². The van der Waals surface area contributed by atoms with Gasteiger partial charge in [0.2, 0.25) is 11.8 Å². The lowest BCUT2D eigenvalue weighted by Gasteiger charge is -2.15. The molecule has 2 atom stereocenters. The molecule has 1 heterocycles. The van der Waals surface area contributed by atoms with Gasteiger partial charge in [0.15, 0.2) is 0 Å². The first-order valence-corrected chi connectivity index (χ1v) is 9.01. The summed E-state index contributed by atoms with van der Waals surface area (Å²) in [5.41, 5.74) is 1.39. The van der Waals surface area contributed by atoms with Crippen molar-refractivity contribution in [2.24, 2.45) is 11.8 Å². The molecular weight excluding hydrogens is 342 g/mol. The van der Waals surface area contributed by atoms with Gasteiger partial charge >= 0.3 is 5.97 Å². The van der Waals surface area contributed by atoms with Gasteiger partial charge in [-0.05, 0) is 42.7 Å². The Morgan fingerprint density at radius 1 is 0.889 bits per heavy atom. The molecule has 27 heavy (non-hydrogen) atoms. The number of esters is 1. The number of hydrogen-bond donors (Lipinski definition) is 0. The maximum atomic E-state index is 12.6. The number of rotatable bonds is 4. The first-order valence-electron chi connectivity index (χ1n) is 9.01. The molecular formula is C22H19NO4. The summed E-state index contributed by atoms with van der Waals surface area (Å²) in [6.07, 6.45) is 5.33. The third kappa shape index (κ3) is 3.40. The molecule has 1 aliphatic carbocycles. The quantitative estimate of drug-likeness (QED) is 0.363. The number of ether oxygens (including phenoxy) is 1. The predicted molar refractivity (Wildman–Crippen MR) is 100 cm³/mol. The molecule has 4 rings (SSSR count). The van der Waals surface area contributed by atoms with Crippen molar-refractivity contribution in [2.75, 3.05) is 4.90 Å². The van der Waals surface area contributed by atoms with Crippen LogP contribution in [-0.2, 0) is 20.8 Å². The number of nitrogens with zero attached hydrogens (tertiary/aromatic N) is 1. The summed E-state index contributed by atoms with van der Waals surface area (Å²) in [6, 6.07) is 15.9. The minimum atomic E-state index is -0.362. The second-order valence-electron chi connectivity index (χ2n) is 6.80. The monoisotopic (exact) mass is 361 g/mol. The fourth-order valence-electron chi connectivity index (χ4n) is 3.65. The van der Waals surface area contributed by atoms with Crippen LogP contribution >= 0.6 is 0 Å². The molecule has 2 aliphatic rings. The Labute approximate surface area is 157 Å². The highest BCUT2D eigenvalue weighted by atomic mass is 16.5. The smallest absolute Gasteiger partial charge is 0.315 e. The van der Waals surface area contributed by atoms with Crippen LogP contribution in [0.3, 0.4) is 0 Å². The molecule has 5 heteroatoms. The molecule has 0 spiro atoms. The van der Waals surface area contributed by atoms with Crippen LogP contribution in [-0.4, -0.2) is 17.8 Å². The maximum absolute atomic E-state index is 12.6. The van der Waals surface area contributed by atoms with E-state index in [4.69, 9.17) is 4.74 Å². The highest BCUT2D eigenvalue weighted by molar-refractivity contribution is 6.22. The van der Waals surface area contributed by atoms with Gasteiger partial charge in [-0.25, -0.2) is 0 Å². The van der Waals surface area contributed by atoms with Gasteiger partial charge in [0.25, 0.3) is 0 Å². The van der Waals surface area contributed by atoms with E-state index >= 15 is 0 Å². The van der Waals surface area contributed by atoms with Crippen LogP contribution in [0.15, 0.2) is 66.7 Å². The fraction of sp³-hybridized carbons (Fsp3) is 0.227. The van der Waals surface area contributed by atoms with Gasteiger partial charge in [-0.15, -0.1) is 0 Å². The van der Waals surface area contributed by atoms with E-state index in [1.807, 2.05) is 42.5 Å². The van der Waals surface area contributed by atoms with E-state index in [-0.39, 0.29) is 36.0 Å². The molecule has 2 amide bonds. The van der Waals surface area contributed by atoms with E-state index in [2.05, 4.69) is 0 Å². The lowest BCUT2D eigenvalue weighted by molar-refractivity contribution is -0.133. The van der Waals surface area contributed by atoms with Gasteiger partial charge in [-0.2, -0.15) is 0 Å². The number of carbonyl (C=O) groups is 3. The first kappa shape index (κ1) is 17.2. The van der Waals surface area contributed by atoms with Crippen molar-refractivity contribution in [3.05, 3.63) is 72.3 Å². The Hall–Kier alpha value is -3.21. The summed E-state index contributed by atoms with van der Waals surface area (Å²) >= 11 is 0. The number of benzene rings is 2. The van der Waals surface area contributed by atoms with E-state index < -0.39 is 0 Å². The van der Waals surface area contributed by atoms with Gasteiger partial charge in [-0.3, -0.25) is 19.3 Å².